The molecule has 1 aliphatic heterocycles. The number of amides is 2. The lowest BCUT2D eigenvalue weighted by Crippen LogP contribution is -2.52. The molecule has 0 aromatic heterocycles. The number of rotatable bonds is 15. The third-order valence-corrected chi connectivity index (χ3v) is 6.86. The predicted molar refractivity (Wildman–Crippen MR) is 152 cm³/mol. The summed E-state index contributed by atoms with van der Waals surface area (Å²) in [6, 6.07) is 12.1. The average molecular weight is 525 g/mol. The van der Waals surface area contributed by atoms with Gasteiger partial charge in [-0.1, -0.05) is 51.9 Å². The number of methoxy groups -OCH3 is 1. The predicted octanol–water partition coefficient (Wildman–Crippen LogP) is 5.36. The summed E-state index contributed by atoms with van der Waals surface area (Å²) in [5, 5.41) is 4.80. The molecule has 1 fully saturated rings. The van der Waals surface area contributed by atoms with Crippen LogP contribution in [0.2, 0.25) is 0 Å². The molecule has 208 valence electrons. The van der Waals surface area contributed by atoms with Crippen LogP contribution in [0, 0.1) is 0 Å². The van der Waals surface area contributed by atoms with E-state index in [1.54, 1.807) is 30.3 Å². The number of hydrazine groups is 1. The van der Waals surface area contributed by atoms with E-state index in [-0.39, 0.29) is 11.8 Å². The number of likely N-dealkylation sites (N-methyl/N-ethyl adjacent to an activating group) is 1. The van der Waals surface area contributed by atoms with Crippen LogP contribution in [0.1, 0.15) is 79.0 Å². The second-order valence-electron chi connectivity index (χ2n) is 9.95. The van der Waals surface area contributed by atoms with E-state index in [2.05, 4.69) is 29.6 Å². The zero-order valence-electron chi connectivity index (χ0n) is 23.3. The molecule has 8 nitrogen and oxygen atoms in total. The molecule has 2 N–H and O–H groups in total. The number of carbonyl (C=O) groups is 2. The van der Waals surface area contributed by atoms with Crippen molar-refractivity contribution in [3.05, 3.63) is 53.6 Å². The van der Waals surface area contributed by atoms with Crippen LogP contribution < -0.4 is 20.2 Å². The summed E-state index contributed by atoms with van der Waals surface area (Å²) in [6.07, 6.45) is 10.1. The van der Waals surface area contributed by atoms with Crippen molar-refractivity contribution in [3.8, 4) is 11.5 Å². The molecule has 0 unspecified atom stereocenters. The van der Waals surface area contributed by atoms with Gasteiger partial charge in [-0.15, -0.1) is 0 Å². The van der Waals surface area contributed by atoms with Crippen molar-refractivity contribution in [2.45, 2.75) is 58.3 Å². The first-order chi connectivity index (χ1) is 18.5. The van der Waals surface area contributed by atoms with Crippen molar-refractivity contribution in [1.82, 2.24) is 15.3 Å². The van der Waals surface area contributed by atoms with E-state index in [4.69, 9.17) is 9.47 Å². The summed E-state index contributed by atoms with van der Waals surface area (Å²) < 4.78 is 11.3. The minimum absolute atomic E-state index is 0.217. The van der Waals surface area contributed by atoms with Crippen LogP contribution in [0.5, 0.6) is 11.5 Å². The van der Waals surface area contributed by atoms with Gasteiger partial charge in [0.25, 0.3) is 11.8 Å². The Hall–Kier alpha value is -3.10. The van der Waals surface area contributed by atoms with Gasteiger partial charge in [-0.2, -0.15) is 0 Å². The van der Waals surface area contributed by atoms with Crippen molar-refractivity contribution < 1.29 is 19.1 Å². The van der Waals surface area contributed by atoms with Crippen LogP contribution in [-0.4, -0.2) is 68.7 Å². The molecule has 1 aliphatic rings. The van der Waals surface area contributed by atoms with E-state index in [9.17, 15) is 9.59 Å². The molecular weight excluding hydrogens is 480 g/mol. The number of nitrogens with one attached hydrogen (secondary N) is 2. The van der Waals surface area contributed by atoms with Crippen molar-refractivity contribution in [2.24, 2.45) is 0 Å². The second kappa shape index (κ2) is 16.0. The normalized spacial score (nSPS) is 14.2. The number of carbonyl (C=O) groups excluding carboxylic acids is 2. The molecule has 1 saturated heterocycles. The minimum atomic E-state index is -0.283. The summed E-state index contributed by atoms with van der Waals surface area (Å²) in [5.41, 5.74) is 4.34. The van der Waals surface area contributed by atoms with Crippen molar-refractivity contribution >= 4 is 17.5 Å². The van der Waals surface area contributed by atoms with E-state index in [1.807, 2.05) is 17.1 Å². The lowest BCUT2D eigenvalue weighted by molar-refractivity contribution is 0.0662. The largest absolute Gasteiger partial charge is 0.495 e. The number of anilines is 1. The molecule has 0 atom stereocenters. The minimum Gasteiger partial charge on any atom is -0.495 e. The standard InChI is InChI=1S/C30H44N4O4/c1-4-5-6-7-8-9-10-11-22-38-26-15-12-24(13-16-26)29(35)31-27-23-25(14-17-28(27)37-3)30(36)32-34-20-18-33(2)19-21-34/h12-17,23H,4-11,18-22H2,1-3H3,(H,31,35)(H,32,36). The Morgan fingerprint density at radius 3 is 2.11 bits per heavy atom. The van der Waals surface area contributed by atoms with Crippen LogP contribution >= 0.6 is 0 Å². The monoisotopic (exact) mass is 524 g/mol. The molecule has 3 rings (SSSR count). The molecule has 2 amide bonds. The van der Waals surface area contributed by atoms with Gasteiger partial charge in [-0.3, -0.25) is 15.0 Å². The smallest absolute Gasteiger partial charge is 0.265 e. The number of unbranched alkanes of at least 4 members (excludes halogenated alkanes) is 7. The van der Waals surface area contributed by atoms with Gasteiger partial charge in [0.1, 0.15) is 11.5 Å². The van der Waals surface area contributed by atoms with Crippen molar-refractivity contribution in [3.63, 3.8) is 0 Å². The second-order valence-corrected chi connectivity index (χ2v) is 9.95. The van der Waals surface area contributed by atoms with Gasteiger partial charge in [0, 0.05) is 37.3 Å². The van der Waals surface area contributed by atoms with Gasteiger partial charge >= 0.3 is 0 Å². The highest BCUT2D eigenvalue weighted by Crippen LogP contribution is 2.26. The van der Waals surface area contributed by atoms with Crippen molar-refractivity contribution in [1.29, 1.82) is 0 Å². The molecule has 0 radical (unpaired) electrons. The Labute approximate surface area is 227 Å². The zero-order chi connectivity index (χ0) is 27.2. The van der Waals surface area contributed by atoms with E-state index in [1.165, 1.54) is 52.1 Å². The maximum absolute atomic E-state index is 12.9. The number of piperazine rings is 1. The summed E-state index contributed by atoms with van der Waals surface area (Å²) >= 11 is 0. The van der Waals surface area contributed by atoms with E-state index in [0.717, 1.165) is 38.3 Å². The summed E-state index contributed by atoms with van der Waals surface area (Å²) in [7, 11) is 3.60. The first-order valence-corrected chi connectivity index (χ1v) is 14.0. The van der Waals surface area contributed by atoms with Gasteiger partial charge in [0.15, 0.2) is 0 Å². The van der Waals surface area contributed by atoms with Crippen LogP contribution in [0.4, 0.5) is 5.69 Å². The number of benzene rings is 2. The third kappa shape index (κ3) is 9.65. The fraction of sp³-hybridized carbons (Fsp3) is 0.533. The first kappa shape index (κ1) is 29.5. The van der Waals surface area contributed by atoms with Gasteiger partial charge < -0.3 is 19.7 Å². The molecule has 0 spiro atoms. The van der Waals surface area contributed by atoms with E-state index < -0.39 is 0 Å². The van der Waals surface area contributed by atoms with Crippen molar-refractivity contribution in [2.75, 3.05) is 52.3 Å². The summed E-state index contributed by atoms with van der Waals surface area (Å²) in [5.74, 6) is 0.740. The topological polar surface area (TPSA) is 83.1 Å². The first-order valence-electron chi connectivity index (χ1n) is 14.0. The Morgan fingerprint density at radius 2 is 1.45 bits per heavy atom. The van der Waals surface area contributed by atoms with Crippen LogP contribution in [0.15, 0.2) is 42.5 Å². The SMILES string of the molecule is CCCCCCCCCCOc1ccc(C(=O)Nc2cc(C(=O)NN3CCN(C)CC3)ccc2OC)cc1. The van der Waals surface area contributed by atoms with E-state index >= 15 is 0 Å². The van der Waals surface area contributed by atoms with Gasteiger partial charge in [-0.05, 0) is 55.9 Å². The fourth-order valence-electron chi connectivity index (χ4n) is 4.40. The quantitative estimate of drug-likeness (QED) is 0.305. The molecular formula is C30H44N4O4. The maximum Gasteiger partial charge on any atom is 0.265 e. The third-order valence-electron chi connectivity index (χ3n) is 6.86. The highest BCUT2D eigenvalue weighted by atomic mass is 16.5. The molecule has 0 saturated carbocycles. The highest BCUT2D eigenvalue weighted by Gasteiger charge is 2.18. The van der Waals surface area contributed by atoms with Gasteiger partial charge in [0.05, 0.1) is 19.4 Å². The molecule has 8 heteroatoms. The summed E-state index contributed by atoms with van der Waals surface area (Å²) in [4.78, 5) is 28.0. The van der Waals surface area contributed by atoms with E-state index in [0.29, 0.717) is 29.2 Å². The number of hydrogen-bond donors (Lipinski definition) is 2. The van der Waals surface area contributed by atoms with Crippen LogP contribution in [-0.2, 0) is 0 Å². The maximum atomic E-state index is 12.9. The number of nitrogens with zero attached hydrogens (tertiary/aromatic N) is 2. The molecule has 38 heavy (non-hydrogen) atoms. The lowest BCUT2D eigenvalue weighted by Gasteiger charge is -2.32. The molecule has 1 heterocycles. The fourth-order valence-corrected chi connectivity index (χ4v) is 4.40. The Balaban J connectivity index is 1.48. The van der Waals surface area contributed by atoms with Crippen LogP contribution in [0.3, 0.4) is 0 Å². The van der Waals surface area contributed by atoms with Crippen LogP contribution in [0.25, 0.3) is 0 Å². The zero-order valence-corrected chi connectivity index (χ0v) is 23.3. The Bertz CT molecular complexity index is 1000. The molecule has 2 aromatic rings. The molecule has 0 bridgehead atoms. The van der Waals surface area contributed by atoms with Gasteiger partial charge in [-0.25, -0.2) is 5.01 Å². The number of hydrogen-bond acceptors (Lipinski definition) is 6. The molecule has 2 aromatic carbocycles. The number of ether oxygens (including phenoxy) is 2. The average Bonchev–Trinajstić information content (AvgIpc) is 2.93. The summed E-state index contributed by atoms with van der Waals surface area (Å²) in [6.45, 7) is 6.24. The lowest BCUT2D eigenvalue weighted by atomic mass is 10.1. The highest BCUT2D eigenvalue weighted by molar-refractivity contribution is 6.06. The Morgan fingerprint density at radius 1 is 0.816 bits per heavy atom. The van der Waals surface area contributed by atoms with Gasteiger partial charge in [0.2, 0.25) is 0 Å². The Kier molecular flexibility index (Phi) is 12.4. The molecule has 0 aliphatic carbocycles.